The maximum atomic E-state index is 13.6. The summed E-state index contributed by atoms with van der Waals surface area (Å²) in [6.07, 6.45) is 0.348. The molecule has 1 aliphatic rings. The molecular formula is C27H23ClN4O5S. The van der Waals surface area contributed by atoms with Crippen molar-refractivity contribution >= 4 is 50.2 Å². The molecule has 2 N–H and O–H groups in total. The SMILES string of the molecule is CC[C@H](NC(=O)[C@@H](Cc1ccccc1Cl)N=C1NS(=O)(=O)c2ccccc21)C(=O)c1nc2ccccc2o1. The Hall–Kier alpha value is -4.02. The topological polar surface area (TPSA) is 131 Å². The highest BCUT2D eigenvalue weighted by molar-refractivity contribution is 7.90. The Morgan fingerprint density at radius 2 is 1.76 bits per heavy atom. The van der Waals surface area contributed by atoms with Crippen molar-refractivity contribution in [2.24, 2.45) is 4.99 Å². The van der Waals surface area contributed by atoms with Gasteiger partial charge in [0.1, 0.15) is 17.4 Å². The van der Waals surface area contributed by atoms with Crippen molar-refractivity contribution in [3.05, 3.63) is 94.8 Å². The van der Waals surface area contributed by atoms with Crippen LogP contribution in [0.15, 0.2) is 87.1 Å². The molecule has 5 rings (SSSR count). The van der Waals surface area contributed by atoms with Crippen LogP contribution in [0.5, 0.6) is 0 Å². The molecule has 0 saturated heterocycles. The molecule has 0 radical (unpaired) electrons. The van der Waals surface area contributed by atoms with Gasteiger partial charge in [-0.1, -0.05) is 61.0 Å². The number of nitrogens with one attached hydrogen (secondary N) is 2. The number of carbonyl (C=O) groups excluding carboxylic acids is 2. The van der Waals surface area contributed by atoms with E-state index in [9.17, 15) is 18.0 Å². The van der Waals surface area contributed by atoms with Crippen molar-refractivity contribution in [3.63, 3.8) is 0 Å². The molecule has 1 aromatic heterocycles. The van der Waals surface area contributed by atoms with Crippen LogP contribution in [0.3, 0.4) is 0 Å². The largest absolute Gasteiger partial charge is 0.434 e. The van der Waals surface area contributed by atoms with Gasteiger partial charge in [0.05, 0.1) is 10.9 Å². The number of oxazole rings is 1. The van der Waals surface area contributed by atoms with Crippen molar-refractivity contribution < 1.29 is 22.4 Å². The highest BCUT2D eigenvalue weighted by Gasteiger charge is 2.33. The van der Waals surface area contributed by atoms with E-state index in [1.807, 2.05) is 0 Å². The summed E-state index contributed by atoms with van der Waals surface area (Å²) >= 11 is 6.35. The first-order chi connectivity index (χ1) is 18.3. The van der Waals surface area contributed by atoms with Crippen LogP contribution in [0.25, 0.3) is 11.1 Å². The van der Waals surface area contributed by atoms with Crippen LogP contribution in [0.4, 0.5) is 0 Å². The van der Waals surface area contributed by atoms with E-state index in [2.05, 4.69) is 20.0 Å². The van der Waals surface area contributed by atoms with E-state index in [1.165, 1.54) is 6.07 Å². The molecule has 0 bridgehead atoms. The lowest BCUT2D eigenvalue weighted by Gasteiger charge is -2.19. The van der Waals surface area contributed by atoms with Crippen molar-refractivity contribution in [1.82, 2.24) is 15.0 Å². The van der Waals surface area contributed by atoms with Gasteiger partial charge in [-0.2, -0.15) is 0 Å². The van der Waals surface area contributed by atoms with E-state index in [0.717, 1.165) is 0 Å². The first kappa shape index (κ1) is 25.6. The Morgan fingerprint density at radius 3 is 2.53 bits per heavy atom. The molecule has 2 heterocycles. The van der Waals surface area contributed by atoms with Gasteiger partial charge in [0, 0.05) is 17.0 Å². The van der Waals surface area contributed by atoms with E-state index >= 15 is 0 Å². The normalized spacial score (nSPS) is 16.5. The van der Waals surface area contributed by atoms with Crippen LogP contribution >= 0.6 is 11.6 Å². The zero-order chi connectivity index (χ0) is 26.9. The van der Waals surface area contributed by atoms with Crippen LogP contribution in [0.2, 0.25) is 5.02 Å². The van der Waals surface area contributed by atoms with Gasteiger partial charge in [-0.05, 0) is 42.3 Å². The first-order valence-corrected chi connectivity index (χ1v) is 13.8. The number of halogens is 1. The minimum absolute atomic E-state index is 0.0473. The smallest absolute Gasteiger partial charge is 0.266 e. The van der Waals surface area contributed by atoms with Gasteiger partial charge in [-0.15, -0.1) is 0 Å². The molecule has 11 heteroatoms. The average molecular weight is 551 g/mol. The van der Waals surface area contributed by atoms with Crippen LogP contribution in [-0.2, 0) is 21.2 Å². The van der Waals surface area contributed by atoms with Crippen LogP contribution in [0, 0.1) is 0 Å². The molecule has 0 aliphatic carbocycles. The molecule has 38 heavy (non-hydrogen) atoms. The number of fused-ring (bicyclic) bond motifs is 2. The van der Waals surface area contributed by atoms with E-state index in [4.69, 9.17) is 16.0 Å². The Morgan fingerprint density at radius 1 is 1.05 bits per heavy atom. The number of hydrogen-bond acceptors (Lipinski definition) is 7. The Labute approximate surface area is 224 Å². The molecule has 0 spiro atoms. The van der Waals surface area contributed by atoms with Crippen molar-refractivity contribution in [3.8, 4) is 0 Å². The zero-order valence-electron chi connectivity index (χ0n) is 20.2. The molecule has 1 amide bonds. The van der Waals surface area contributed by atoms with Crippen molar-refractivity contribution in [2.45, 2.75) is 36.7 Å². The maximum Gasteiger partial charge on any atom is 0.266 e. The van der Waals surface area contributed by atoms with Gasteiger partial charge in [0.25, 0.3) is 15.9 Å². The van der Waals surface area contributed by atoms with Gasteiger partial charge in [-0.3, -0.25) is 19.3 Å². The Balaban J connectivity index is 1.46. The number of amidine groups is 1. The fraction of sp³-hybridized carbons (Fsp3) is 0.185. The molecule has 194 valence electrons. The van der Waals surface area contributed by atoms with E-state index < -0.39 is 33.8 Å². The second-order valence-electron chi connectivity index (χ2n) is 8.71. The number of aliphatic imine (C=N–C) groups is 1. The summed E-state index contributed by atoms with van der Waals surface area (Å²) in [7, 11) is -3.81. The third-order valence-corrected chi connectivity index (χ3v) is 7.93. The molecule has 9 nitrogen and oxygen atoms in total. The van der Waals surface area contributed by atoms with Gasteiger partial charge in [0.2, 0.25) is 11.7 Å². The first-order valence-electron chi connectivity index (χ1n) is 11.9. The van der Waals surface area contributed by atoms with Gasteiger partial charge in [0.15, 0.2) is 5.58 Å². The number of sulfonamides is 1. The highest BCUT2D eigenvalue weighted by atomic mass is 35.5. The molecule has 3 aromatic carbocycles. The second kappa shape index (κ2) is 10.4. The number of ketones is 1. The number of para-hydroxylation sites is 2. The lowest BCUT2D eigenvalue weighted by Crippen LogP contribution is -2.46. The number of Topliss-reactive ketones (excluding diaryl/α,β-unsaturated/α-hetero) is 1. The van der Waals surface area contributed by atoms with Gasteiger partial charge in [-0.25, -0.2) is 13.4 Å². The van der Waals surface area contributed by atoms with Crippen LogP contribution in [-0.4, -0.2) is 43.0 Å². The minimum atomic E-state index is -3.81. The predicted molar refractivity (Wildman–Crippen MR) is 143 cm³/mol. The van der Waals surface area contributed by atoms with Crippen LogP contribution < -0.4 is 10.0 Å². The number of aromatic nitrogens is 1. The zero-order valence-corrected chi connectivity index (χ0v) is 21.8. The summed E-state index contributed by atoms with van der Waals surface area (Å²) in [4.78, 5) is 35.6. The molecule has 0 saturated carbocycles. The van der Waals surface area contributed by atoms with E-state index in [1.54, 1.807) is 73.7 Å². The van der Waals surface area contributed by atoms with Crippen molar-refractivity contribution in [2.75, 3.05) is 0 Å². The number of rotatable bonds is 8. The maximum absolute atomic E-state index is 13.6. The standard InChI is InChI=1S/C27H23ClN4O5S/c1-2-19(24(33)27-31-20-12-6-7-13-22(20)37-27)30-26(34)21(15-16-9-3-5-11-18(16)28)29-25-17-10-4-8-14-23(17)38(35,36)32-25/h3-14,19,21H,2,15H2,1H3,(H,29,32)(H,30,34)/t19-,21+/m0/s1. The monoisotopic (exact) mass is 550 g/mol. The third-order valence-electron chi connectivity index (χ3n) is 6.17. The highest BCUT2D eigenvalue weighted by Crippen LogP contribution is 2.24. The fourth-order valence-electron chi connectivity index (χ4n) is 4.20. The molecule has 0 unspecified atom stereocenters. The number of nitrogens with zero attached hydrogens (tertiary/aromatic N) is 2. The Kier molecular flexibility index (Phi) is 7.00. The average Bonchev–Trinajstić information content (AvgIpc) is 3.46. The summed E-state index contributed by atoms with van der Waals surface area (Å²) in [5.74, 6) is -1.11. The number of amides is 1. The molecule has 4 aromatic rings. The molecule has 0 fully saturated rings. The molecule has 2 atom stereocenters. The third kappa shape index (κ3) is 5.05. The summed E-state index contributed by atoms with van der Waals surface area (Å²) in [6, 6.07) is 18.3. The summed E-state index contributed by atoms with van der Waals surface area (Å²) in [5, 5.41) is 3.19. The second-order valence-corrected chi connectivity index (χ2v) is 10.8. The Bertz CT molecular complexity index is 1650. The number of carbonyl (C=O) groups is 2. The molecule has 1 aliphatic heterocycles. The summed E-state index contributed by atoms with van der Waals surface area (Å²) in [6.45, 7) is 1.75. The predicted octanol–water partition coefficient (Wildman–Crippen LogP) is 3.91. The fourth-order valence-corrected chi connectivity index (χ4v) is 5.65. The number of hydrogen-bond donors (Lipinski definition) is 2. The van der Waals surface area contributed by atoms with Gasteiger partial charge >= 0.3 is 0 Å². The minimum Gasteiger partial charge on any atom is -0.434 e. The lowest BCUT2D eigenvalue weighted by molar-refractivity contribution is -0.122. The van der Waals surface area contributed by atoms with Crippen LogP contribution in [0.1, 0.15) is 35.2 Å². The van der Waals surface area contributed by atoms with Gasteiger partial charge < -0.3 is 9.73 Å². The summed E-state index contributed by atoms with van der Waals surface area (Å²) in [5.41, 5.74) is 2.00. The lowest BCUT2D eigenvalue weighted by atomic mass is 10.0. The van der Waals surface area contributed by atoms with E-state index in [0.29, 0.717) is 27.2 Å². The quantitative estimate of drug-likeness (QED) is 0.320. The number of benzene rings is 3. The summed E-state index contributed by atoms with van der Waals surface area (Å²) < 4.78 is 33.2. The van der Waals surface area contributed by atoms with Crippen molar-refractivity contribution in [1.29, 1.82) is 0 Å². The van der Waals surface area contributed by atoms with E-state index in [-0.39, 0.29) is 29.5 Å². The molecular weight excluding hydrogens is 528 g/mol.